The van der Waals surface area contributed by atoms with Crippen LogP contribution in [0.5, 0.6) is 0 Å². The first-order chi connectivity index (χ1) is 37.6. The molecule has 79 heavy (non-hydrogen) atoms. The molecule has 6 aromatic heterocycles. The van der Waals surface area contributed by atoms with E-state index in [2.05, 4.69) is 44.9 Å². The van der Waals surface area contributed by atoms with Crippen molar-refractivity contribution in [2.45, 2.75) is 51.9 Å². The van der Waals surface area contributed by atoms with Crippen LogP contribution >= 0.6 is 11.3 Å². The molecular formula is C57H50F6N12O3S. The van der Waals surface area contributed by atoms with Crippen LogP contribution in [0.25, 0.3) is 0 Å². The number of aryl methyl sites for hydroxylation is 1. The molecule has 0 unspecified atom stereocenters. The second-order valence-corrected chi connectivity index (χ2v) is 18.9. The molecule has 6 heterocycles. The predicted octanol–water partition coefficient (Wildman–Crippen LogP) is 12.1. The highest BCUT2D eigenvalue weighted by Crippen LogP contribution is 2.30. The van der Waals surface area contributed by atoms with Crippen LogP contribution in [0.4, 0.5) is 60.5 Å². The van der Waals surface area contributed by atoms with E-state index in [0.717, 1.165) is 54.3 Å². The van der Waals surface area contributed by atoms with Crippen molar-refractivity contribution in [3.05, 3.63) is 220 Å². The monoisotopic (exact) mass is 1100 g/mol. The quantitative estimate of drug-likeness (QED) is 0.0621. The van der Waals surface area contributed by atoms with E-state index in [9.17, 15) is 40.7 Å². The van der Waals surface area contributed by atoms with E-state index in [-0.39, 0.29) is 52.4 Å². The van der Waals surface area contributed by atoms with Gasteiger partial charge in [0.05, 0.1) is 73.5 Å². The van der Waals surface area contributed by atoms with Crippen molar-refractivity contribution in [3.8, 4) is 0 Å². The third kappa shape index (κ3) is 16.2. The number of nitrogens with zero attached hydrogens (tertiary/aromatic N) is 12. The summed E-state index contributed by atoms with van der Waals surface area (Å²) in [6, 6.07) is 20.4. The third-order valence-electron chi connectivity index (χ3n) is 11.9. The summed E-state index contributed by atoms with van der Waals surface area (Å²) >= 11 is 1.52. The fourth-order valence-corrected chi connectivity index (χ4v) is 8.25. The maximum Gasteiger partial charge on any atom is 0.272 e. The Morgan fingerprint density at radius 3 is 1.42 bits per heavy atom. The Morgan fingerprint density at radius 2 is 0.962 bits per heavy atom. The second kappa shape index (κ2) is 25.8. The normalized spacial score (nSPS) is 11.1. The number of ketones is 3. The number of benzene rings is 3. The average Bonchev–Trinajstić information content (AvgIpc) is 3.86. The molecule has 0 aliphatic heterocycles. The lowest BCUT2D eigenvalue weighted by atomic mass is 10.0. The number of halogens is 6. The highest BCUT2D eigenvalue weighted by Gasteiger charge is 2.26. The zero-order chi connectivity index (χ0) is 56.9. The fraction of sp³-hybridized carbons (Fsp3) is 0.193. The van der Waals surface area contributed by atoms with Gasteiger partial charge in [-0.3, -0.25) is 24.4 Å². The Labute approximate surface area is 454 Å². The summed E-state index contributed by atoms with van der Waals surface area (Å²) < 4.78 is 81.6. The molecule has 0 atom stereocenters. The predicted molar refractivity (Wildman–Crippen MR) is 288 cm³/mol. The summed E-state index contributed by atoms with van der Waals surface area (Å²) in [7, 11) is 5.31. The van der Waals surface area contributed by atoms with Gasteiger partial charge in [-0.05, 0) is 79.7 Å². The van der Waals surface area contributed by atoms with Crippen molar-refractivity contribution in [1.29, 1.82) is 0 Å². The van der Waals surface area contributed by atoms with Gasteiger partial charge in [0.15, 0.2) is 17.3 Å². The van der Waals surface area contributed by atoms with Crippen molar-refractivity contribution < 1.29 is 40.7 Å². The number of carbonyl (C=O) groups excluding carboxylic acids is 3. The molecule has 0 aliphatic rings. The van der Waals surface area contributed by atoms with Gasteiger partial charge >= 0.3 is 0 Å². The lowest BCUT2D eigenvalue weighted by Gasteiger charge is -2.19. The van der Waals surface area contributed by atoms with Crippen molar-refractivity contribution >= 4 is 62.8 Å². The van der Waals surface area contributed by atoms with E-state index in [1.165, 1.54) is 79.0 Å². The van der Waals surface area contributed by atoms with E-state index >= 15 is 0 Å². The molecule has 22 heteroatoms. The number of pyridine rings is 2. The van der Waals surface area contributed by atoms with Gasteiger partial charge in [-0.1, -0.05) is 12.1 Å². The van der Waals surface area contributed by atoms with Crippen molar-refractivity contribution in [3.63, 3.8) is 0 Å². The number of hydrogen-bond acceptors (Lipinski definition) is 16. The number of aromatic nitrogens is 9. The molecule has 9 rings (SSSR count). The van der Waals surface area contributed by atoms with Crippen LogP contribution in [-0.4, -0.2) is 83.3 Å². The molecular weight excluding hydrogens is 1050 g/mol. The zero-order valence-electron chi connectivity index (χ0n) is 43.4. The molecule has 0 radical (unpaired) electrons. The lowest BCUT2D eigenvalue weighted by molar-refractivity contribution is 0.0165. The van der Waals surface area contributed by atoms with Crippen LogP contribution in [0.15, 0.2) is 159 Å². The number of hydrogen-bond donors (Lipinski definition) is 0. The Balaban J connectivity index is 0.000000172. The molecule has 0 N–H and O–H groups in total. The van der Waals surface area contributed by atoms with E-state index in [0.29, 0.717) is 40.4 Å². The van der Waals surface area contributed by atoms with Crippen LogP contribution in [0.2, 0.25) is 0 Å². The van der Waals surface area contributed by atoms with E-state index in [4.69, 9.17) is 0 Å². The van der Waals surface area contributed by atoms with Crippen LogP contribution in [0.3, 0.4) is 0 Å². The zero-order valence-corrected chi connectivity index (χ0v) is 44.2. The maximum atomic E-state index is 14.1. The number of thiazole rings is 1. The molecule has 0 aliphatic carbocycles. The van der Waals surface area contributed by atoms with Crippen molar-refractivity contribution in [1.82, 2.24) is 44.9 Å². The van der Waals surface area contributed by atoms with Gasteiger partial charge in [-0.2, -0.15) is 0 Å². The smallest absolute Gasteiger partial charge is 0.272 e. The summed E-state index contributed by atoms with van der Waals surface area (Å²) in [4.78, 5) is 78.8. The number of carbonyl (C=O) groups is 3. The molecule has 0 saturated heterocycles. The summed E-state index contributed by atoms with van der Waals surface area (Å²) in [5.41, 5.74) is 5.88. The number of Topliss-reactive ketones (excluding diaryl/α,β-unsaturated/α-hetero) is 3. The minimum atomic E-state index is -3.03. The van der Waals surface area contributed by atoms with Gasteiger partial charge < -0.3 is 14.7 Å². The number of alkyl halides is 4. The molecule has 0 bridgehead atoms. The fourth-order valence-electron chi connectivity index (χ4n) is 7.48. The SMILES string of the molecule is CN(c1cncnc1)c1cc(F)cc(C(=O)Cc2cc(C(C)(F)F)ccn2)c1.CN(c1cncnc1)c1cc(F)cc(C(=O)Cc2ccc(C(C)(F)F)cn2)c1.Cc1csc(CC(=O)c2cccc(N(C)c3cncnc3)c2)n1. The number of anilines is 6. The highest BCUT2D eigenvalue weighted by molar-refractivity contribution is 7.09. The van der Waals surface area contributed by atoms with Crippen LogP contribution in [0, 0.1) is 18.6 Å². The highest BCUT2D eigenvalue weighted by atomic mass is 32.1. The Kier molecular flexibility index (Phi) is 18.8. The summed E-state index contributed by atoms with van der Waals surface area (Å²) in [6.45, 7) is 3.48. The van der Waals surface area contributed by atoms with Crippen LogP contribution in [0.1, 0.15) is 78.1 Å². The standard InChI is InChI=1S/2C20H17F3N4O.C17H16N4OS/c1-20(22,23)14-3-4-16(26-9-14)8-19(28)13-5-15(21)7-17(6-13)27(2)18-10-24-12-25-11-18;1-20(22,23)14-3-4-26-16(7-14)9-19(28)13-5-15(21)8-17(6-13)27(2)18-10-24-12-25-11-18;1-12-10-23-17(20-12)7-16(22)13-4-3-5-14(6-13)21(2)15-8-18-11-19-9-15/h3-7,9-12H,8H2,1-2H3;3-8,10-12H,9H2,1-2H3;3-6,8-11H,7H2,1-2H3. The van der Waals surface area contributed by atoms with E-state index in [1.54, 1.807) is 67.1 Å². The summed E-state index contributed by atoms with van der Waals surface area (Å²) in [5.74, 6) is -7.93. The molecule has 0 saturated carbocycles. The minimum Gasteiger partial charge on any atom is -0.342 e. The molecule has 404 valence electrons. The van der Waals surface area contributed by atoms with E-state index in [1.807, 2.05) is 48.5 Å². The van der Waals surface area contributed by atoms with E-state index < -0.39 is 29.3 Å². The lowest BCUT2D eigenvalue weighted by Crippen LogP contribution is -2.13. The Bertz CT molecular complexity index is 3520. The molecule has 3 aromatic carbocycles. The Morgan fingerprint density at radius 1 is 0.494 bits per heavy atom. The third-order valence-corrected chi connectivity index (χ3v) is 12.8. The van der Waals surface area contributed by atoms with Gasteiger partial charge in [0.1, 0.15) is 35.6 Å². The average molecular weight is 1100 g/mol. The maximum absolute atomic E-state index is 14.1. The van der Waals surface area contributed by atoms with Crippen LogP contribution in [-0.2, 0) is 31.1 Å². The van der Waals surface area contributed by atoms with Crippen LogP contribution < -0.4 is 14.7 Å². The first-order valence-corrected chi connectivity index (χ1v) is 24.8. The molecule has 0 amide bonds. The molecule has 9 aromatic rings. The van der Waals surface area contributed by atoms with Gasteiger partial charge in [0.2, 0.25) is 0 Å². The topological polar surface area (TPSA) is 177 Å². The molecule has 0 spiro atoms. The summed E-state index contributed by atoms with van der Waals surface area (Å²) in [5, 5.41) is 2.81. The first-order valence-electron chi connectivity index (χ1n) is 24.0. The van der Waals surface area contributed by atoms with Gasteiger partial charge in [0, 0.05) is 115 Å². The van der Waals surface area contributed by atoms with Gasteiger partial charge in [-0.15, -0.1) is 11.3 Å². The molecule has 0 fully saturated rings. The Hall–Kier alpha value is -9.18. The minimum absolute atomic E-state index is 0.0684. The van der Waals surface area contributed by atoms with Crippen molar-refractivity contribution in [2.75, 3.05) is 35.8 Å². The van der Waals surface area contributed by atoms with Crippen molar-refractivity contribution in [2.24, 2.45) is 0 Å². The first kappa shape index (κ1) is 57.5. The van der Waals surface area contributed by atoms with Gasteiger partial charge in [-0.25, -0.2) is 61.2 Å². The second-order valence-electron chi connectivity index (χ2n) is 17.9. The largest absolute Gasteiger partial charge is 0.342 e. The summed E-state index contributed by atoms with van der Waals surface area (Å²) in [6.07, 6.45) is 16.2. The van der Waals surface area contributed by atoms with Gasteiger partial charge in [0.25, 0.3) is 11.8 Å². The number of rotatable bonds is 17. The molecule has 15 nitrogen and oxygen atoms in total.